The number of ether oxygens (including phenoxy) is 1. The summed E-state index contributed by atoms with van der Waals surface area (Å²) in [5, 5.41) is 41.7. The highest BCUT2D eigenvalue weighted by molar-refractivity contribution is 8.01. The number of unbranched alkanes of at least 4 members (excludes halogenated alkanes) is 2. The number of anilines is 6. The number of para-hydroxylation sites is 1. The van der Waals surface area contributed by atoms with E-state index in [1.807, 2.05) is 85.4 Å². The Morgan fingerprint density at radius 3 is 1.86 bits per heavy atom. The SMILES string of the molecule is C=C(C)Nc1nc2c(C)cc(N)cc2s1.C=C(O)CC[C@H](N)C(=O)NCCCC[C@@H](NC(=O)c1cccs1)C(=O)NCCc1cccs1.C=CCNC(=O)[C@H](CCCCNC(=O)c1ccc(N)cc1)NC(=O)c1cccs1.COc1ccc(C)cc1NC(=O)c1ccc(Cl)cc1Cl.Nc1ccc2nc(SCC(=O)Nc3ccccc3F)sc2c1. The van der Waals surface area contributed by atoms with Crippen LogP contribution in [0.3, 0.4) is 0 Å². The number of thiazole rings is 2. The molecule has 3 atom stereocenters. The van der Waals surface area contributed by atoms with Crippen LogP contribution in [0.2, 0.25) is 10.0 Å². The van der Waals surface area contributed by atoms with Crippen molar-refractivity contribution >= 4 is 193 Å². The number of nitrogens with one attached hydrogen (secondary N) is 9. The zero-order valence-corrected chi connectivity index (χ0v) is 72.3. The number of aryl methyl sites for hydroxylation is 2. The highest BCUT2D eigenvalue weighted by atomic mass is 35.5. The smallest absolute Gasteiger partial charge is 0.261 e. The van der Waals surface area contributed by atoms with Gasteiger partial charge in [0, 0.05) is 70.8 Å². The second-order valence-corrected chi connectivity index (χ2v) is 33.5. The van der Waals surface area contributed by atoms with Gasteiger partial charge in [0.05, 0.1) is 76.8 Å². The minimum atomic E-state index is -0.708. The Kier molecular flexibility index (Phi) is 39.8. The Hall–Kier alpha value is -11.2. The Morgan fingerprint density at radius 2 is 1.24 bits per heavy atom. The standard InChI is InChI=1S/C23H32N4O4S2.C21H26N4O3S.C15H13Cl2NO2.C15H12FN3OS2.C11H13N3S/c1-16(28)9-10-18(24)21(29)25-12-3-2-7-19(27-23(31)20-8-5-15-33-20)22(30)26-13-11-17-6-4-14-32-17;1-2-12-23-20(27)17(25-21(28)18-7-5-14-29-18)6-3-4-13-24-19(26)15-8-10-16(22)11-9-15;1-9-3-6-14(20-2)13(7-9)18-15(19)11-5-4-10(16)8-12(11)17;16-10-3-1-2-4-11(10)18-14(20)8-21-15-19-12-6-5-9(17)7-13(12)22-15;1-6(2)13-11-14-10-7(3)4-8(12)5-9(10)15-11/h4-6,8,14-15,18-19,28H,1-3,7,9-13,24H2,(H,25,29)(H,26,30)(H,27,31);2,5,7-11,14,17H,1,3-4,6,12-13,22H2,(H,23,27)(H,24,26)(H,25,28);3-8H,1-2H3,(H,18,19);1-7H,8,17H2,(H,18,20);4-5H,1,12H2,2-3H3,(H,13,14)/t18-,19+;17-;;;/m00.../s1. The number of aromatic nitrogens is 2. The maximum absolute atomic E-state index is 13.4. The van der Waals surface area contributed by atoms with Gasteiger partial charge in [-0.1, -0.05) is 102 Å². The molecule has 0 fully saturated rings. The molecule has 5 aromatic heterocycles. The van der Waals surface area contributed by atoms with Gasteiger partial charge in [-0.05, 0) is 215 Å². The summed E-state index contributed by atoms with van der Waals surface area (Å²) in [6.07, 6.45) is 6.47. The number of aliphatic hydroxyl groups excluding tert-OH is 1. The van der Waals surface area contributed by atoms with Crippen molar-refractivity contribution in [3.63, 3.8) is 0 Å². The highest BCUT2D eigenvalue weighted by Gasteiger charge is 2.24. The van der Waals surface area contributed by atoms with Crippen LogP contribution in [-0.2, 0) is 25.6 Å². The van der Waals surface area contributed by atoms with Crippen molar-refractivity contribution in [2.45, 2.75) is 101 Å². The molecule has 11 aromatic rings. The third kappa shape index (κ3) is 33.3. The summed E-state index contributed by atoms with van der Waals surface area (Å²) in [6.45, 7) is 18.3. The number of amides is 8. The van der Waals surface area contributed by atoms with E-state index < -0.39 is 23.9 Å². The number of carbonyl (C=O) groups is 8. The highest BCUT2D eigenvalue weighted by Crippen LogP contribution is 2.33. The van der Waals surface area contributed by atoms with E-state index in [1.165, 1.54) is 68.8 Å². The zero-order valence-electron chi connectivity index (χ0n) is 65.9. The molecule has 0 unspecified atom stereocenters. The van der Waals surface area contributed by atoms with Crippen LogP contribution >= 0.6 is 91.6 Å². The molecule has 34 heteroatoms. The molecule has 0 bridgehead atoms. The zero-order chi connectivity index (χ0) is 86.3. The number of carbonyl (C=O) groups excluding carboxylic acids is 8. The minimum absolute atomic E-state index is 0.00236. The lowest BCUT2D eigenvalue weighted by Gasteiger charge is -2.18. The molecule has 18 N–H and O–H groups in total. The molecule has 628 valence electrons. The minimum Gasteiger partial charge on any atom is -0.513 e. The maximum Gasteiger partial charge on any atom is 0.261 e. The van der Waals surface area contributed by atoms with E-state index in [1.54, 1.807) is 121 Å². The van der Waals surface area contributed by atoms with Crippen molar-refractivity contribution in [2.75, 3.05) is 72.2 Å². The quantitative estimate of drug-likeness (QED) is 0.00577. The monoisotopic (exact) mass is 1770 g/mol. The number of methoxy groups -OCH3 is 1. The number of nitrogens with two attached hydrogens (primary N) is 4. The van der Waals surface area contributed by atoms with Gasteiger partial charge in [-0.15, -0.1) is 51.9 Å². The number of rotatable bonds is 35. The second kappa shape index (κ2) is 49.9. The summed E-state index contributed by atoms with van der Waals surface area (Å²) in [5.74, 6) is -1.72. The topological polar surface area (TPSA) is 404 Å². The van der Waals surface area contributed by atoms with Gasteiger partial charge in [0.1, 0.15) is 23.7 Å². The Morgan fingerprint density at radius 1 is 0.613 bits per heavy atom. The van der Waals surface area contributed by atoms with Gasteiger partial charge in [-0.25, -0.2) is 14.4 Å². The van der Waals surface area contributed by atoms with E-state index in [4.69, 9.17) is 56.0 Å². The van der Waals surface area contributed by atoms with Crippen LogP contribution in [0.15, 0.2) is 209 Å². The van der Waals surface area contributed by atoms with E-state index >= 15 is 0 Å². The van der Waals surface area contributed by atoms with Gasteiger partial charge in [-0.3, -0.25) is 38.4 Å². The van der Waals surface area contributed by atoms with Crippen LogP contribution in [0.1, 0.15) is 114 Å². The summed E-state index contributed by atoms with van der Waals surface area (Å²) >= 11 is 20.5. The fourth-order valence-corrected chi connectivity index (χ4v) is 16.2. The average molecular weight is 1770 g/mol. The van der Waals surface area contributed by atoms with E-state index in [2.05, 4.69) is 77.6 Å². The Bertz CT molecular complexity index is 5210. The maximum atomic E-state index is 13.4. The molecule has 8 amide bonds. The molecular weight excluding hydrogens is 1670 g/mol. The number of allylic oxidation sites excluding steroid dienone is 2. The van der Waals surface area contributed by atoms with Crippen molar-refractivity contribution in [3.8, 4) is 5.75 Å². The van der Waals surface area contributed by atoms with Crippen LogP contribution in [0.25, 0.3) is 20.4 Å². The molecular formula is C85H96Cl2FN15O10S6. The molecule has 11 rings (SSSR count). The normalized spacial score (nSPS) is 11.3. The largest absolute Gasteiger partial charge is 0.513 e. The summed E-state index contributed by atoms with van der Waals surface area (Å²) < 4.78 is 21.5. The van der Waals surface area contributed by atoms with Crippen LogP contribution in [0.4, 0.5) is 38.0 Å². The van der Waals surface area contributed by atoms with Gasteiger partial charge in [0.2, 0.25) is 23.6 Å². The second-order valence-electron chi connectivity index (χ2n) is 26.4. The fraction of sp³-hybridized carbons (Fsp3) is 0.247. The molecule has 0 saturated carbocycles. The molecule has 0 aliphatic rings. The average Bonchev–Trinajstić information content (AvgIpc) is 1.59. The van der Waals surface area contributed by atoms with Crippen LogP contribution in [0, 0.1) is 19.7 Å². The van der Waals surface area contributed by atoms with Gasteiger partial charge >= 0.3 is 0 Å². The summed E-state index contributed by atoms with van der Waals surface area (Å²) in [6, 6.07) is 41.4. The molecule has 0 aliphatic heterocycles. The van der Waals surface area contributed by atoms with Gasteiger partial charge in [0.15, 0.2) is 9.47 Å². The number of aliphatic hydroxyl groups is 1. The van der Waals surface area contributed by atoms with Crippen molar-refractivity contribution in [2.24, 2.45) is 5.73 Å². The number of hydrogen-bond donors (Lipinski definition) is 14. The molecule has 119 heavy (non-hydrogen) atoms. The van der Waals surface area contributed by atoms with Crippen molar-refractivity contribution in [1.82, 2.24) is 41.9 Å². The van der Waals surface area contributed by atoms with E-state index in [9.17, 15) is 42.7 Å². The number of thiophene rings is 3. The first-order valence-electron chi connectivity index (χ1n) is 37.3. The van der Waals surface area contributed by atoms with E-state index in [0.29, 0.717) is 125 Å². The van der Waals surface area contributed by atoms with Gasteiger partial charge in [0.25, 0.3) is 23.6 Å². The lowest BCUT2D eigenvalue weighted by molar-refractivity contribution is -0.123. The lowest BCUT2D eigenvalue weighted by atomic mass is 10.1. The third-order valence-corrected chi connectivity index (χ3v) is 23.1. The predicted molar refractivity (Wildman–Crippen MR) is 487 cm³/mol. The molecule has 0 radical (unpaired) electrons. The Labute approximate surface area is 724 Å². The lowest BCUT2D eigenvalue weighted by Crippen LogP contribution is -2.47. The Balaban J connectivity index is 0.000000210. The number of benzene rings is 6. The molecule has 25 nitrogen and oxygen atoms in total. The summed E-state index contributed by atoms with van der Waals surface area (Å²) in [4.78, 5) is 109. The summed E-state index contributed by atoms with van der Waals surface area (Å²) in [7, 11) is 1.55. The summed E-state index contributed by atoms with van der Waals surface area (Å²) in [5.41, 5.74) is 31.6. The van der Waals surface area contributed by atoms with Crippen molar-refractivity contribution in [3.05, 3.63) is 258 Å². The van der Waals surface area contributed by atoms with Crippen LogP contribution in [0.5, 0.6) is 5.75 Å². The van der Waals surface area contributed by atoms with E-state index in [0.717, 1.165) is 58.8 Å². The van der Waals surface area contributed by atoms with Crippen LogP contribution < -0.4 is 75.5 Å². The first-order valence-corrected chi connectivity index (χ1v) is 43.3. The van der Waals surface area contributed by atoms with Gasteiger partial charge in [-0.2, -0.15) is 0 Å². The number of nitrogen functional groups attached to an aromatic ring is 3. The van der Waals surface area contributed by atoms with Gasteiger partial charge < -0.3 is 80.6 Å². The molecule has 0 aliphatic carbocycles. The van der Waals surface area contributed by atoms with Crippen molar-refractivity contribution in [1.29, 1.82) is 0 Å². The molecule has 0 saturated heterocycles. The molecule has 5 heterocycles. The molecule has 6 aromatic carbocycles. The number of thioether (sulfide) groups is 1. The number of nitrogens with zero attached hydrogens (tertiary/aromatic N) is 2. The van der Waals surface area contributed by atoms with Crippen molar-refractivity contribution < 1.29 is 52.6 Å². The first kappa shape index (κ1) is 94.9. The fourth-order valence-electron chi connectivity index (χ4n) is 10.8. The van der Waals surface area contributed by atoms with E-state index in [-0.39, 0.29) is 70.9 Å². The predicted octanol–water partition coefficient (Wildman–Crippen LogP) is 16.5. The number of fused-ring (bicyclic) bond motifs is 2. The van der Waals surface area contributed by atoms with Crippen LogP contribution in [-0.4, -0.2) is 119 Å². The molecule has 0 spiro atoms. The number of halogens is 3. The first-order chi connectivity index (χ1) is 57.1. The third-order valence-electron chi connectivity index (χ3n) is 16.8. The number of hydrogen-bond acceptors (Lipinski definition) is 23.